The largest absolute Gasteiger partial charge is 0.490 e. The molecule has 3 rings (SSSR count). The highest BCUT2D eigenvalue weighted by atomic mass is 19.4. The Hall–Kier alpha value is -2.02. The van der Waals surface area contributed by atoms with Crippen LogP contribution in [0.2, 0.25) is 0 Å². The van der Waals surface area contributed by atoms with Crippen molar-refractivity contribution in [2.24, 2.45) is 5.92 Å². The third-order valence-corrected chi connectivity index (χ3v) is 3.66. The van der Waals surface area contributed by atoms with E-state index in [1.54, 1.807) is 6.07 Å². The van der Waals surface area contributed by atoms with Gasteiger partial charge in [-0.05, 0) is 25.1 Å². The second-order valence-electron chi connectivity index (χ2n) is 5.31. The average Bonchev–Trinajstić information content (AvgIpc) is 3.16. The second-order valence-corrected chi connectivity index (χ2v) is 5.31. The third kappa shape index (κ3) is 3.24. The van der Waals surface area contributed by atoms with Gasteiger partial charge in [-0.25, -0.2) is 4.68 Å². The fraction of sp³-hybridized carbons (Fsp3) is 0.400. The van der Waals surface area contributed by atoms with Gasteiger partial charge in [0.2, 0.25) is 0 Å². The Balaban J connectivity index is 1.76. The molecule has 0 amide bonds. The highest BCUT2D eigenvalue weighted by Crippen LogP contribution is 2.33. The van der Waals surface area contributed by atoms with E-state index in [1.807, 2.05) is 0 Å². The molecule has 1 aromatic heterocycles. The lowest BCUT2D eigenvalue weighted by atomic mass is 10.1. The van der Waals surface area contributed by atoms with E-state index < -0.39 is 11.7 Å². The number of alkyl halides is 3. The first kappa shape index (κ1) is 14.9. The topological polar surface area (TPSA) is 39.1 Å². The average molecular weight is 311 g/mol. The molecule has 1 aliphatic rings. The number of rotatable bonds is 4. The van der Waals surface area contributed by atoms with Gasteiger partial charge in [0.1, 0.15) is 0 Å². The molecule has 1 fully saturated rings. The Morgan fingerprint density at radius 2 is 2.14 bits per heavy atom. The van der Waals surface area contributed by atoms with Crippen LogP contribution in [0.1, 0.15) is 12.0 Å². The highest BCUT2D eigenvalue weighted by molar-refractivity contribution is 5.42. The maximum Gasteiger partial charge on any atom is 0.418 e. The molecule has 1 saturated heterocycles. The van der Waals surface area contributed by atoms with Gasteiger partial charge in [0.15, 0.2) is 5.75 Å². The standard InChI is InChI=1S/C15H16F3N3O/c16-15(17,18)13-3-1-2-4-14(13)21-9-12(8-20-21)22-10-11-5-6-19-7-11/h1-4,8-9,11,19H,5-7,10H2. The van der Waals surface area contributed by atoms with E-state index in [2.05, 4.69) is 10.4 Å². The van der Waals surface area contributed by atoms with Crippen LogP contribution in [0.15, 0.2) is 36.7 Å². The molecule has 0 saturated carbocycles. The van der Waals surface area contributed by atoms with E-state index in [0.29, 0.717) is 18.3 Å². The lowest BCUT2D eigenvalue weighted by Crippen LogP contribution is -2.15. The van der Waals surface area contributed by atoms with Crippen LogP contribution in [0, 0.1) is 5.92 Å². The summed E-state index contributed by atoms with van der Waals surface area (Å²) in [5, 5.41) is 7.22. The third-order valence-electron chi connectivity index (χ3n) is 3.66. The zero-order valence-electron chi connectivity index (χ0n) is 11.8. The number of hydrogen-bond acceptors (Lipinski definition) is 3. The number of aromatic nitrogens is 2. The summed E-state index contributed by atoms with van der Waals surface area (Å²) in [6.45, 7) is 2.43. The predicted molar refractivity (Wildman–Crippen MR) is 75.0 cm³/mol. The fourth-order valence-electron chi connectivity index (χ4n) is 2.50. The number of para-hydroxylation sites is 1. The van der Waals surface area contributed by atoms with Crippen LogP contribution in [0.4, 0.5) is 13.2 Å². The summed E-state index contributed by atoms with van der Waals surface area (Å²) in [5.41, 5.74) is -0.725. The van der Waals surface area contributed by atoms with Crippen LogP contribution in [0.5, 0.6) is 5.75 Å². The summed E-state index contributed by atoms with van der Waals surface area (Å²) in [4.78, 5) is 0. The SMILES string of the molecule is FC(F)(F)c1ccccc1-n1cc(OCC2CCNC2)cn1. The van der Waals surface area contributed by atoms with E-state index in [9.17, 15) is 13.2 Å². The van der Waals surface area contributed by atoms with Crippen molar-refractivity contribution in [3.05, 3.63) is 42.2 Å². The summed E-state index contributed by atoms with van der Waals surface area (Å²) < 4.78 is 45.9. The van der Waals surface area contributed by atoms with Crippen molar-refractivity contribution in [2.75, 3.05) is 19.7 Å². The van der Waals surface area contributed by atoms with Crippen molar-refractivity contribution in [1.29, 1.82) is 0 Å². The fourth-order valence-corrected chi connectivity index (χ4v) is 2.50. The second kappa shape index (κ2) is 6.00. The van der Waals surface area contributed by atoms with Crippen LogP contribution in [-0.4, -0.2) is 29.5 Å². The number of nitrogens with one attached hydrogen (secondary N) is 1. The molecule has 2 aromatic rings. The molecule has 0 radical (unpaired) electrons. The molecule has 22 heavy (non-hydrogen) atoms. The van der Waals surface area contributed by atoms with Crippen LogP contribution in [0.3, 0.4) is 0 Å². The molecule has 7 heteroatoms. The summed E-state index contributed by atoms with van der Waals surface area (Å²) in [7, 11) is 0. The first-order valence-electron chi connectivity index (χ1n) is 7.09. The van der Waals surface area contributed by atoms with Gasteiger partial charge >= 0.3 is 6.18 Å². The summed E-state index contributed by atoms with van der Waals surface area (Å²) in [6.07, 6.45) is -0.452. The quantitative estimate of drug-likeness (QED) is 0.944. The van der Waals surface area contributed by atoms with Crippen molar-refractivity contribution >= 4 is 0 Å². The van der Waals surface area contributed by atoms with E-state index in [1.165, 1.54) is 29.2 Å². The van der Waals surface area contributed by atoms with Crippen LogP contribution in [-0.2, 0) is 6.18 Å². The predicted octanol–water partition coefficient (Wildman–Crippen LogP) is 2.88. The highest BCUT2D eigenvalue weighted by Gasteiger charge is 2.33. The molecular formula is C15H16F3N3O. The Bertz CT molecular complexity index is 633. The molecule has 2 heterocycles. The number of hydrogen-bond donors (Lipinski definition) is 1. The molecule has 4 nitrogen and oxygen atoms in total. The maximum atomic E-state index is 13.0. The van der Waals surface area contributed by atoms with Gasteiger partial charge in [0, 0.05) is 12.5 Å². The van der Waals surface area contributed by atoms with Crippen molar-refractivity contribution < 1.29 is 17.9 Å². The normalized spacial score (nSPS) is 18.6. The van der Waals surface area contributed by atoms with Gasteiger partial charge in [-0.15, -0.1) is 0 Å². The van der Waals surface area contributed by atoms with Gasteiger partial charge in [0.25, 0.3) is 0 Å². The van der Waals surface area contributed by atoms with E-state index >= 15 is 0 Å². The monoisotopic (exact) mass is 311 g/mol. The van der Waals surface area contributed by atoms with Gasteiger partial charge in [-0.3, -0.25) is 0 Å². The van der Waals surface area contributed by atoms with E-state index in [0.717, 1.165) is 25.6 Å². The Labute approximate surface area is 125 Å². The minimum Gasteiger partial charge on any atom is -0.490 e. The summed E-state index contributed by atoms with van der Waals surface area (Å²) in [5.74, 6) is 0.912. The van der Waals surface area contributed by atoms with Crippen LogP contribution in [0.25, 0.3) is 5.69 Å². The van der Waals surface area contributed by atoms with Crippen molar-refractivity contribution in [1.82, 2.24) is 15.1 Å². The zero-order valence-corrected chi connectivity index (χ0v) is 11.8. The van der Waals surface area contributed by atoms with E-state index in [4.69, 9.17) is 4.74 Å². The van der Waals surface area contributed by atoms with Crippen LogP contribution < -0.4 is 10.1 Å². The lowest BCUT2D eigenvalue weighted by molar-refractivity contribution is -0.137. The van der Waals surface area contributed by atoms with Gasteiger partial charge in [-0.1, -0.05) is 12.1 Å². The smallest absolute Gasteiger partial charge is 0.418 e. The number of ether oxygens (including phenoxy) is 1. The van der Waals surface area contributed by atoms with Crippen molar-refractivity contribution in [3.63, 3.8) is 0 Å². The lowest BCUT2D eigenvalue weighted by Gasteiger charge is -2.12. The number of nitrogens with zero attached hydrogens (tertiary/aromatic N) is 2. The first-order chi connectivity index (χ1) is 10.5. The number of benzene rings is 1. The maximum absolute atomic E-state index is 13.0. The molecule has 0 spiro atoms. The molecule has 0 aliphatic carbocycles. The minimum absolute atomic E-state index is 0.00705. The molecule has 0 bridgehead atoms. The summed E-state index contributed by atoms with van der Waals surface area (Å²) in [6, 6.07) is 5.35. The Morgan fingerprint density at radius 1 is 1.32 bits per heavy atom. The van der Waals surface area contributed by atoms with Crippen molar-refractivity contribution in [2.45, 2.75) is 12.6 Å². The van der Waals surface area contributed by atoms with Gasteiger partial charge in [-0.2, -0.15) is 18.3 Å². The minimum atomic E-state index is -4.42. The number of halogens is 3. The molecular weight excluding hydrogens is 295 g/mol. The molecule has 1 aliphatic heterocycles. The van der Waals surface area contributed by atoms with Gasteiger partial charge in [0.05, 0.1) is 30.3 Å². The molecule has 118 valence electrons. The molecule has 1 N–H and O–H groups in total. The molecule has 1 atom stereocenters. The van der Waals surface area contributed by atoms with E-state index in [-0.39, 0.29) is 5.69 Å². The zero-order chi connectivity index (χ0) is 15.6. The van der Waals surface area contributed by atoms with Crippen molar-refractivity contribution in [3.8, 4) is 11.4 Å². The Kier molecular flexibility index (Phi) is 4.06. The molecule has 1 unspecified atom stereocenters. The molecule has 1 aromatic carbocycles. The summed E-state index contributed by atoms with van der Waals surface area (Å²) >= 11 is 0. The van der Waals surface area contributed by atoms with Crippen LogP contribution >= 0.6 is 0 Å². The first-order valence-corrected chi connectivity index (χ1v) is 7.09. The van der Waals surface area contributed by atoms with Gasteiger partial charge < -0.3 is 10.1 Å². The Morgan fingerprint density at radius 3 is 2.86 bits per heavy atom.